The Balaban J connectivity index is 1.63. The van der Waals surface area contributed by atoms with Gasteiger partial charge in [-0.3, -0.25) is 0 Å². The number of hydrogen-bond acceptors (Lipinski definition) is 0. The van der Waals surface area contributed by atoms with Crippen molar-refractivity contribution in [3.8, 4) is 23.0 Å². The van der Waals surface area contributed by atoms with Crippen molar-refractivity contribution in [3.63, 3.8) is 0 Å². The van der Waals surface area contributed by atoms with Crippen molar-refractivity contribution >= 4 is 10.8 Å². The fraction of sp³-hybridized carbons (Fsp3) is 0.0400. The monoisotopic (exact) mass is 390 g/mol. The van der Waals surface area contributed by atoms with Gasteiger partial charge >= 0.3 is 0 Å². The van der Waals surface area contributed by atoms with Gasteiger partial charge < -0.3 is 0 Å². The molecule has 0 heterocycles. The van der Waals surface area contributed by atoms with Crippen molar-refractivity contribution < 1.29 is 17.6 Å². The standard InChI is InChI=1S/C25H14F4/c1-15-10-23(28)25(24(29)11-15)18-7-4-16(5-8-18)2-3-17-6-9-19-13-21(26)22(27)14-20(19)12-17/h4-14H,1H3. The molecule has 0 aliphatic carbocycles. The minimum atomic E-state index is -0.909. The number of benzene rings is 4. The van der Waals surface area contributed by atoms with E-state index in [1.54, 1.807) is 49.4 Å². The molecule has 0 fully saturated rings. The summed E-state index contributed by atoms with van der Waals surface area (Å²) in [6.45, 7) is 1.63. The zero-order valence-electron chi connectivity index (χ0n) is 15.4. The molecule has 0 amide bonds. The van der Waals surface area contributed by atoms with Crippen molar-refractivity contribution in [2.45, 2.75) is 6.92 Å². The predicted molar refractivity (Wildman–Crippen MR) is 106 cm³/mol. The van der Waals surface area contributed by atoms with Gasteiger partial charge in [0, 0.05) is 11.1 Å². The van der Waals surface area contributed by atoms with E-state index in [9.17, 15) is 17.6 Å². The van der Waals surface area contributed by atoms with Gasteiger partial charge in [0.05, 0.1) is 5.56 Å². The van der Waals surface area contributed by atoms with E-state index in [1.165, 1.54) is 12.1 Å². The minimum Gasteiger partial charge on any atom is -0.206 e. The van der Waals surface area contributed by atoms with Crippen LogP contribution in [0.25, 0.3) is 21.9 Å². The van der Waals surface area contributed by atoms with Crippen LogP contribution < -0.4 is 0 Å². The molecule has 0 N–H and O–H groups in total. The summed E-state index contributed by atoms with van der Waals surface area (Å²) < 4.78 is 55.0. The van der Waals surface area contributed by atoms with E-state index >= 15 is 0 Å². The minimum absolute atomic E-state index is 0.0705. The molecule has 29 heavy (non-hydrogen) atoms. The van der Waals surface area contributed by atoms with Crippen LogP contribution in [0.3, 0.4) is 0 Å². The van der Waals surface area contributed by atoms with E-state index in [4.69, 9.17) is 0 Å². The molecule has 4 aromatic rings. The van der Waals surface area contributed by atoms with Crippen LogP contribution in [0.1, 0.15) is 16.7 Å². The summed E-state index contributed by atoms with van der Waals surface area (Å²) in [6.07, 6.45) is 0. The molecule has 4 heteroatoms. The molecule has 4 rings (SSSR count). The summed E-state index contributed by atoms with van der Waals surface area (Å²) in [6, 6.07) is 16.5. The van der Waals surface area contributed by atoms with E-state index in [2.05, 4.69) is 11.8 Å². The number of fused-ring (bicyclic) bond motifs is 1. The highest BCUT2D eigenvalue weighted by atomic mass is 19.2. The Labute approximate surface area is 165 Å². The van der Waals surface area contributed by atoms with Gasteiger partial charge in [-0.2, -0.15) is 0 Å². The third-order valence-electron chi connectivity index (χ3n) is 4.59. The first-order chi connectivity index (χ1) is 13.9. The topological polar surface area (TPSA) is 0 Å². The maximum Gasteiger partial charge on any atom is 0.159 e. The highest BCUT2D eigenvalue weighted by Gasteiger charge is 2.12. The van der Waals surface area contributed by atoms with Gasteiger partial charge in [-0.15, -0.1) is 0 Å². The number of halogens is 4. The number of aryl methyl sites for hydroxylation is 1. The lowest BCUT2D eigenvalue weighted by atomic mass is 10.0. The summed E-state index contributed by atoms with van der Waals surface area (Å²) in [5.41, 5.74) is 2.17. The normalized spacial score (nSPS) is 10.7. The smallest absolute Gasteiger partial charge is 0.159 e. The second kappa shape index (κ2) is 7.44. The molecule has 0 aliphatic heterocycles. The molecule has 0 bridgehead atoms. The maximum atomic E-state index is 14.1. The maximum absolute atomic E-state index is 14.1. The average Bonchev–Trinajstić information content (AvgIpc) is 2.67. The summed E-state index contributed by atoms with van der Waals surface area (Å²) in [7, 11) is 0. The van der Waals surface area contributed by atoms with Crippen LogP contribution in [-0.2, 0) is 0 Å². The molecule has 0 spiro atoms. The van der Waals surface area contributed by atoms with Crippen LogP contribution in [0.4, 0.5) is 17.6 Å². The van der Waals surface area contributed by atoms with Crippen molar-refractivity contribution in [2.24, 2.45) is 0 Å². The summed E-state index contributed by atoms with van der Waals surface area (Å²) in [5, 5.41) is 1.14. The fourth-order valence-electron chi connectivity index (χ4n) is 3.16. The Hall–Kier alpha value is -3.58. The lowest BCUT2D eigenvalue weighted by Gasteiger charge is -2.06. The Morgan fingerprint density at radius 3 is 1.76 bits per heavy atom. The summed E-state index contributed by atoms with van der Waals surface area (Å²) in [4.78, 5) is 0. The lowest BCUT2D eigenvalue weighted by molar-refractivity contribution is 0.511. The van der Waals surface area contributed by atoms with Gasteiger partial charge in [0.15, 0.2) is 11.6 Å². The van der Waals surface area contributed by atoms with Crippen LogP contribution in [0.15, 0.2) is 66.7 Å². The third-order valence-corrected chi connectivity index (χ3v) is 4.59. The van der Waals surface area contributed by atoms with E-state index < -0.39 is 23.3 Å². The zero-order valence-corrected chi connectivity index (χ0v) is 15.4. The molecule has 142 valence electrons. The van der Waals surface area contributed by atoms with E-state index in [-0.39, 0.29) is 5.56 Å². The molecule has 0 unspecified atom stereocenters. The van der Waals surface area contributed by atoms with Gasteiger partial charge in [-0.05, 0) is 77.4 Å². The SMILES string of the molecule is Cc1cc(F)c(-c2ccc(C#Cc3ccc4cc(F)c(F)cc4c3)cc2)c(F)c1. The van der Waals surface area contributed by atoms with Gasteiger partial charge in [0.2, 0.25) is 0 Å². The van der Waals surface area contributed by atoms with E-state index in [0.717, 1.165) is 12.1 Å². The van der Waals surface area contributed by atoms with Gasteiger partial charge in [0.25, 0.3) is 0 Å². The van der Waals surface area contributed by atoms with Gasteiger partial charge in [-0.25, -0.2) is 17.6 Å². The Bertz CT molecular complexity index is 1270. The second-order valence-electron chi connectivity index (χ2n) is 6.76. The average molecular weight is 390 g/mol. The first-order valence-electron chi connectivity index (χ1n) is 8.87. The number of rotatable bonds is 1. The lowest BCUT2D eigenvalue weighted by Crippen LogP contribution is -1.92. The van der Waals surface area contributed by atoms with Crippen molar-refractivity contribution in [3.05, 3.63) is 107 Å². The van der Waals surface area contributed by atoms with Gasteiger partial charge in [0.1, 0.15) is 11.6 Å². The molecule has 0 atom stereocenters. The molecule has 0 aliphatic rings. The zero-order chi connectivity index (χ0) is 20.5. The van der Waals surface area contributed by atoms with Crippen LogP contribution >= 0.6 is 0 Å². The van der Waals surface area contributed by atoms with Crippen molar-refractivity contribution in [1.82, 2.24) is 0 Å². The Morgan fingerprint density at radius 2 is 1.10 bits per heavy atom. The highest BCUT2D eigenvalue weighted by Crippen LogP contribution is 2.27. The molecular formula is C25H14F4. The third kappa shape index (κ3) is 3.86. The molecular weight excluding hydrogens is 376 g/mol. The quantitative estimate of drug-likeness (QED) is 0.248. The summed E-state index contributed by atoms with van der Waals surface area (Å²) in [5.74, 6) is 2.91. The first kappa shape index (κ1) is 18.8. The van der Waals surface area contributed by atoms with Crippen LogP contribution in [0, 0.1) is 42.0 Å². The molecule has 0 aromatic heterocycles. The van der Waals surface area contributed by atoms with Crippen LogP contribution in [0.2, 0.25) is 0 Å². The predicted octanol–water partition coefficient (Wildman–Crippen LogP) is 6.77. The van der Waals surface area contributed by atoms with Crippen LogP contribution in [0.5, 0.6) is 0 Å². The Kier molecular flexibility index (Phi) is 4.82. The highest BCUT2D eigenvalue weighted by molar-refractivity contribution is 5.84. The van der Waals surface area contributed by atoms with E-state index in [1.807, 2.05) is 0 Å². The van der Waals surface area contributed by atoms with Crippen molar-refractivity contribution in [1.29, 1.82) is 0 Å². The van der Waals surface area contributed by atoms with Crippen LogP contribution in [-0.4, -0.2) is 0 Å². The number of hydrogen-bond donors (Lipinski definition) is 0. The summed E-state index contributed by atoms with van der Waals surface area (Å²) >= 11 is 0. The first-order valence-corrected chi connectivity index (χ1v) is 8.87. The second-order valence-corrected chi connectivity index (χ2v) is 6.76. The van der Waals surface area contributed by atoms with E-state index in [0.29, 0.717) is 33.0 Å². The molecule has 0 radical (unpaired) electrons. The fourth-order valence-corrected chi connectivity index (χ4v) is 3.16. The largest absolute Gasteiger partial charge is 0.206 e. The molecule has 0 nitrogen and oxygen atoms in total. The Morgan fingerprint density at radius 1 is 0.552 bits per heavy atom. The molecule has 0 saturated carbocycles. The van der Waals surface area contributed by atoms with Crippen molar-refractivity contribution in [2.75, 3.05) is 0 Å². The molecule has 0 saturated heterocycles. The molecule has 4 aromatic carbocycles. The van der Waals surface area contributed by atoms with Gasteiger partial charge in [-0.1, -0.05) is 30.0 Å².